The standard InChI is InChI=1S/C49H51F2N9O6S/c1-26-17-33(18-27(2)42(26)51)60-43(58-16-15-57(47(58)63)39-12-10-35(21-36(39)50)67(52,64)34-8-9-34)41-29(4)56(14-13-37(41)54-60)44(61)40-20-31-19-30(32-23-48(5,6)25-65-24-32)7-11-38(31)59(40)49(22-28(49)3)45-53-46(62)66-55-45/h7,10-12,15-21,28-29,32,34,52H,8-9,13-14,22-25H2,1-6H3,(H,53,55,62)/t28-,29-,32+,49-,67+/m0/s1. The summed E-state index contributed by atoms with van der Waals surface area (Å²) >= 11 is 0. The van der Waals surface area contributed by atoms with Crippen LogP contribution in [0.4, 0.5) is 8.78 Å². The van der Waals surface area contributed by atoms with Crippen molar-refractivity contribution in [1.82, 2.24) is 38.5 Å². The van der Waals surface area contributed by atoms with Crippen LogP contribution in [0.25, 0.3) is 28.1 Å². The van der Waals surface area contributed by atoms with Crippen LogP contribution in [0.2, 0.25) is 0 Å². The van der Waals surface area contributed by atoms with Crippen LogP contribution in [0.15, 0.2) is 86.0 Å². The number of aromatic amines is 1. The third-order valence-corrected chi connectivity index (χ3v) is 16.9. The molecule has 2 saturated carbocycles. The molecular weight excluding hydrogens is 881 g/mol. The SMILES string of the molecule is Cc1cc(-n2nc3c(c2-n2ccn(-c4ccc([S@](=N)(=O)C5CC5)cc4F)c2=O)[C@H](C)N(C(=O)c2cc4cc([C@H]5COCC(C)(C)C5)ccc4n2[C@@]2(c4noc(=O)[nH]4)C[C@@H]2C)CC3)cc(C)c1F. The molecule has 0 radical (unpaired) electrons. The number of benzene rings is 3. The molecule has 2 aliphatic heterocycles. The molecule has 348 valence electrons. The maximum absolute atomic E-state index is 16.0. The van der Waals surface area contributed by atoms with Crippen molar-refractivity contribution in [3.8, 4) is 17.2 Å². The number of nitrogens with zero attached hydrogens (tertiary/aromatic N) is 7. The van der Waals surface area contributed by atoms with Crippen LogP contribution < -0.4 is 11.4 Å². The van der Waals surface area contributed by atoms with Gasteiger partial charge in [0.05, 0.1) is 50.9 Å². The minimum Gasteiger partial charge on any atom is -0.380 e. The molecule has 2 aliphatic carbocycles. The number of H-pyrrole nitrogens is 1. The van der Waals surface area contributed by atoms with Gasteiger partial charge in [-0.25, -0.2) is 32.0 Å². The highest BCUT2D eigenvalue weighted by Gasteiger charge is 2.59. The van der Waals surface area contributed by atoms with Crippen LogP contribution in [0.3, 0.4) is 0 Å². The second-order valence-electron chi connectivity index (χ2n) is 19.9. The predicted molar refractivity (Wildman–Crippen MR) is 245 cm³/mol. The molecule has 0 unspecified atom stereocenters. The molecule has 3 aromatic carbocycles. The Balaban J connectivity index is 1.04. The first kappa shape index (κ1) is 43.2. The number of halogens is 2. The van der Waals surface area contributed by atoms with E-state index in [1.807, 2.05) is 30.5 Å². The van der Waals surface area contributed by atoms with Crippen LogP contribution in [-0.2, 0) is 26.4 Å². The van der Waals surface area contributed by atoms with E-state index >= 15 is 13.6 Å². The Morgan fingerprint density at radius 1 is 0.970 bits per heavy atom. The summed E-state index contributed by atoms with van der Waals surface area (Å²) in [7, 11) is -3.20. The van der Waals surface area contributed by atoms with Gasteiger partial charge >= 0.3 is 11.4 Å². The third kappa shape index (κ3) is 6.79. The van der Waals surface area contributed by atoms with Crippen molar-refractivity contribution in [3.05, 3.63) is 139 Å². The van der Waals surface area contributed by atoms with Gasteiger partial charge in [-0.2, -0.15) is 5.10 Å². The van der Waals surface area contributed by atoms with Gasteiger partial charge in [0.15, 0.2) is 5.82 Å². The molecule has 1 amide bonds. The minimum absolute atomic E-state index is 0.00170. The Labute approximate surface area is 384 Å². The summed E-state index contributed by atoms with van der Waals surface area (Å²) in [5.74, 6) is -1.40. The van der Waals surface area contributed by atoms with Crippen LogP contribution in [0.1, 0.15) is 110 Å². The molecule has 6 heterocycles. The first-order chi connectivity index (χ1) is 31.9. The highest BCUT2D eigenvalue weighted by Crippen LogP contribution is 2.56. The number of amides is 1. The molecule has 18 heteroatoms. The maximum Gasteiger partial charge on any atom is 0.438 e. The van der Waals surface area contributed by atoms with Crippen molar-refractivity contribution in [3.63, 3.8) is 0 Å². The van der Waals surface area contributed by atoms with Gasteiger partial charge in [-0.05, 0) is 123 Å². The van der Waals surface area contributed by atoms with Crippen LogP contribution >= 0.6 is 0 Å². The molecular formula is C49H51F2N9O6S. The zero-order valence-corrected chi connectivity index (χ0v) is 38.9. The number of carbonyl (C=O) groups excluding carboxylic acids is 1. The number of carbonyl (C=O) groups is 1. The lowest BCUT2D eigenvalue weighted by atomic mass is 9.79. The molecule has 1 saturated heterocycles. The number of rotatable bonds is 9. The molecule has 2 N–H and O–H groups in total. The zero-order valence-electron chi connectivity index (χ0n) is 38.1. The first-order valence-corrected chi connectivity index (χ1v) is 24.4. The molecule has 67 heavy (non-hydrogen) atoms. The molecule has 15 nitrogen and oxygen atoms in total. The summed E-state index contributed by atoms with van der Waals surface area (Å²) in [5, 5.41) is 9.73. The summed E-state index contributed by atoms with van der Waals surface area (Å²) < 4.78 is 69.9. The van der Waals surface area contributed by atoms with E-state index < -0.39 is 38.6 Å². The highest BCUT2D eigenvalue weighted by molar-refractivity contribution is 7.93. The summed E-state index contributed by atoms with van der Waals surface area (Å²) in [5.41, 5.74) is 3.09. The van der Waals surface area contributed by atoms with E-state index in [2.05, 4.69) is 36.1 Å². The fourth-order valence-electron chi connectivity index (χ4n) is 10.8. The monoisotopic (exact) mass is 931 g/mol. The molecule has 3 fully saturated rings. The number of hydrogen-bond acceptors (Lipinski definition) is 9. The van der Waals surface area contributed by atoms with Gasteiger partial charge in [-0.1, -0.05) is 32.0 Å². The van der Waals surface area contributed by atoms with E-state index in [9.17, 15) is 13.8 Å². The average molecular weight is 932 g/mol. The Kier molecular flexibility index (Phi) is 9.70. The van der Waals surface area contributed by atoms with Gasteiger partial charge in [0.25, 0.3) is 5.91 Å². The number of aromatic nitrogens is 7. The molecule has 7 aromatic rings. The number of fused-ring (bicyclic) bond motifs is 2. The topological polar surface area (TPSA) is 179 Å². The Morgan fingerprint density at radius 2 is 1.70 bits per heavy atom. The first-order valence-electron chi connectivity index (χ1n) is 22.8. The predicted octanol–water partition coefficient (Wildman–Crippen LogP) is 7.98. The van der Waals surface area contributed by atoms with E-state index in [1.165, 1.54) is 29.1 Å². The zero-order chi connectivity index (χ0) is 47.1. The Morgan fingerprint density at radius 3 is 2.36 bits per heavy atom. The van der Waals surface area contributed by atoms with Crippen molar-refractivity contribution in [2.75, 3.05) is 19.8 Å². The summed E-state index contributed by atoms with van der Waals surface area (Å²) in [6, 6.07) is 14.7. The summed E-state index contributed by atoms with van der Waals surface area (Å²) in [6.45, 7) is 13.2. The van der Waals surface area contributed by atoms with Crippen LogP contribution in [0, 0.1) is 41.6 Å². The van der Waals surface area contributed by atoms with Gasteiger partial charge in [-0.15, -0.1) is 0 Å². The summed E-state index contributed by atoms with van der Waals surface area (Å²) in [6.07, 6.45) is 6.06. The molecule has 4 aromatic heterocycles. The number of ether oxygens (including phenoxy) is 1. The van der Waals surface area contributed by atoms with Crippen molar-refractivity contribution < 1.29 is 27.0 Å². The molecule has 0 spiro atoms. The molecule has 4 aliphatic rings. The number of aryl methyl sites for hydroxylation is 2. The van der Waals surface area contributed by atoms with E-state index in [-0.39, 0.29) is 51.4 Å². The van der Waals surface area contributed by atoms with E-state index in [1.54, 1.807) is 35.6 Å². The van der Waals surface area contributed by atoms with Crippen molar-refractivity contribution in [1.29, 1.82) is 4.78 Å². The van der Waals surface area contributed by atoms with E-state index in [0.29, 0.717) is 84.3 Å². The van der Waals surface area contributed by atoms with Crippen molar-refractivity contribution >= 4 is 26.5 Å². The fourth-order valence-corrected chi connectivity index (χ4v) is 12.6. The summed E-state index contributed by atoms with van der Waals surface area (Å²) in [4.78, 5) is 47.3. The van der Waals surface area contributed by atoms with Crippen molar-refractivity contribution in [2.24, 2.45) is 11.3 Å². The lowest BCUT2D eigenvalue weighted by molar-refractivity contribution is -0.00187. The quantitative estimate of drug-likeness (QED) is 0.146. The molecule has 11 rings (SSSR count). The number of nitrogens with one attached hydrogen (secondary N) is 2. The van der Waals surface area contributed by atoms with E-state index in [0.717, 1.165) is 33.5 Å². The number of imidazole rings is 1. The van der Waals surface area contributed by atoms with Gasteiger partial charge in [0.1, 0.15) is 28.7 Å². The normalized spacial score (nSPS) is 23.3. The Bertz CT molecular complexity index is 3420. The average Bonchev–Trinajstić information content (AvgIpc) is 4.03. The second-order valence-corrected chi connectivity index (χ2v) is 22.2. The lowest BCUT2D eigenvalue weighted by Crippen LogP contribution is -2.41. The van der Waals surface area contributed by atoms with Gasteiger partial charge < -0.3 is 14.2 Å². The smallest absolute Gasteiger partial charge is 0.380 e. The lowest BCUT2D eigenvalue weighted by Gasteiger charge is -2.35. The van der Waals surface area contributed by atoms with Crippen LogP contribution in [0.5, 0.6) is 0 Å². The Hall–Kier alpha value is -6.40. The fraction of sp³-hybridized carbons (Fsp3) is 0.408. The van der Waals surface area contributed by atoms with Crippen molar-refractivity contribution in [2.45, 2.75) is 101 Å². The largest absolute Gasteiger partial charge is 0.438 e. The molecule has 5 atom stereocenters. The second kappa shape index (κ2) is 15.1. The third-order valence-electron chi connectivity index (χ3n) is 14.6. The van der Waals surface area contributed by atoms with Gasteiger partial charge in [-0.3, -0.25) is 23.4 Å². The number of hydrogen-bond donors (Lipinski definition) is 2. The maximum atomic E-state index is 16.0. The van der Waals surface area contributed by atoms with Gasteiger partial charge in [0, 0.05) is 53.0 Å². The highest BCUT2D eigenvalue weighted by atomic mass is 32.2. The minimum atomic E-state index is -3.20. The van der Waals surface area contributed by atoms with E-state index in [4.69, 9.17) is 19.1 Å². The van der Waals surface area contributed by atoms with Gasteiger partial charge in [0.2, 0.25) is 0 Å². The van der Waals surface area contributed by atoms with Crippen LogP contribution in [-0.4, -0.2) is 73.6 Å². The molecule has 0 bridgehead atoms.